The van der Waals surface area contributed by atoms with Crippen molar-refractivity contribution in [3.8, 4) is 0 Å². The molecule has 0 spiro atoms. The highest BCUT2D eigenvalue weighted by atomic mass is 32.1. The van der Waals surface area contributed by atoms with Crippen LogP contribution in [0.3, 0.4) is 0 Å². The van der Waals surface area contributed by atoms with Crippen molar-refractivity contribution in [2.24, 2.45) is 5.84 Å². The molecular weight excluding hydrogens is 256 g/mol. The summed E-state index contributed by atoms with van der Waals surface area (Å²) >= 11 is 1.71. The van der Waals surface area contributed by atoms with Crippen LogP contribution in [0, 0.1) is 0 Å². The summed E-state index contributed by atoms with van der Waals surface area (Å²) < 4.78 is 0. The Morgan fingerprint density at radius 3 is 2.32 bits per heavy atom. The van der Waals surface area contributed by atoms with Crippen LogP contribution in [-0.2, 0) is 6.42 Å². The van der Waals surface area contributed by atoms with Gasteiger partial charge in [0, 0.05) is 29.1 Å². The van der Waals surface area contributed by atoms with Gasteiger partial charge in [0.15, 0.2) is 0 Å². The second-order valence-corrected chi connectivity index (χ2v) is 5.84. The molecule has 0 aliphatic carbocycles. The fourth-order valence-electron chi connectivity index (χ4n) is 3.21. The van der Waals surface area contributed by atoms with Crippen LogP contribution < -0.4 is 11.3 Å². The van der Waals surface area contributed by atoms with Gasteiger partial charge in [-0.25, -0.2) is 0 Å². The molecule has 1 aromatic rings. The molecule has 0 aliphatic heterocycles. The summed E-state index contributed by atoms with van der Waals surface area (Å²) in [7, 11) is 0. The Hall–Kier alpha value is -0.490. The summed E-state index contributed by atoms with van der Waals surface area (Å²) in [5.74, 6) is 5.88. The maximum Gasteiger partial charge on any atom is 0.0794 e. The molecule has 0 bridgehead atoms. The predicted octanol–water partition coefficient (Wildman–Crippen LogP) is 2.42. The van der Waals surface area contributed by atoms with Crippen molar-refractivity contribution < 1.29 is 0 Å². The van der Waals surface area contributed by atoms with Gasteiger partial charge < -0.3 is 0 Å². The first-order valence-electron chi connectivity index (χ1n) is 7.26. The van der Waals surface area contributed by atoms with Crippen molar-refractivity contribution >= 4 is 11.3 Å². The first kappa shape index (κ1) is 16.6. The van der Waals surface area contributed by atoms with Crippen LogP contribution in [0.2, 0.25) is 0 Å². The highest BCUT2D eigenvalue weighted by Crippen LogP contribution is 2.30. The number of hydrogen-bond acceptors (Lipinski definition) is 5. The Kier molecular flexibility index (Phi) is 6.93. The van der Waals surface area contributed by atoms with E-state index in [2.05, 4.69) is 43.0 Å². The standard InChI is InChI=1S/C14H28N4S/c1-5-14(6-2,18(7-3)8-4)13(17-15)9-12-10-16-11-19-12/h10-11,13,17H,5-9,15H2,1-4H3. The van der Waals surface area contributed by atoms with Crippen LogP contribution in [0.1, 0.15) is 45.4 Å². The molecule has 1 heterocycles. The Morgan fingerprint density at radius 2 is 1.95 bits per heavy atom. The largest absolute Gasteiger partial charge is 0.297 e. The highest BCUT2D eigenvalue weighted by molar-refractivity contribution is 7.09. The van der Waals surface area contributed by atoms with Crippen LogP contribution in [0.5, 0.6) is 0 Å². The van der Waals surface area contributed by atoms with E-state index >= 15 is 0 Å². The van der Waals surface area contributed by atoms with E-state index in [9.17, 15) is 0 Å². The molecule has 0 aromatic carbocycles. The van der Waals surface area contributed by atoms with Gasteiger partial charge in [-0.05, 0) is 25.9 Å². The molecule has 1 atom stereocenters. The van der Waals surface area contributed by atoms with E-state index in [1.54, 1.807) is 11.3 Å². The van der Waals surface area contributed by atoms with Crippen molar-refractivity contribution in [2.45, 2.75) is 58.5 Å². The minimum absolute atomic E-state index is 0.113. The van der Waals surface area contributed by atoms with E-state index in [-0.39, 0.29) is 11.6 Å². The Morgan fingerprint density at radius 1 is 1.32 bits per heavy atom. The summed E-state index contributed by atoms with van der Waals surface area (Å²) in [6.07, 6.45) is 5.09. The van der Waals surface area contributed by atoms with E-state index in [0.717, 1.165) is 32.4 Å². The third-order valence-electron chi connectivity index (χ3n) is 4.36. The predicted molar refractivity (Wildman–Crippen MR) is 83.2 cm³/mol. The summed E-state index contributed by atoms with van der Waals surface area (Å²) in [6, 6.07) is 0.253. The van der Waals surface area contributed by atoms with Gasteiger partial charge >= 0.3 is 0 Å². The van der Waals surface area contributed by atoms with Gasteiger partial charge in [0.1, 0.15) is 0 Å². The first-order valence-corrected chi connectivity index (χ1v) is 8.14. The lowest BCUT2D eigenvalue weighted by Gasteiger charge is -2.47. The third-order valence-corrected chi connectivity index (χ3v) is 5.16. The Balaban J connectivity index is 2.98. The van der Waals surface area contributed by atoms with Crippen LogP contribution in [0.25, 0.3) is 0 Å². The lowest BCUT2D eigenvalue weighted by Crippen LogP contribution is -2.63. The van der Waals surface area contributed by atoms with Gasteiger partial charge in [0.25, 0.3) is 0 Å². The van der Waals surface area contributed by atoms with Crippen LogP contribution in [0.4, 0.5) is 0 Å². The number of nitrogens with one attached hydrogen (secondary N) is 1. The molecule has 1 unspecified atom stereocenters. The molecule has 1 aromatic heterocycles. The number of likely N-dealkylation sites (N-methyl/N-ethyl adjacent to an activating group) is 1. The second-order valence-electron chi connectivity index (χ2n) is 4.87. The van der Waals surface area contributed by atoms with E-state index in [1.807, 2.05) is 11.7 Å². The van der Waals surface area contributed by atoms with E-state index < -0.39 is 0 Å². The molecule has 3 N–H and O–H groups in total. The molecule has 1 rings (SSSR count). The van der Waals surface area contributed by atoms with Gasteiger partial charge in [-0.1, -0.05) is 27.7 Å². The fourth-order valence-corrected chi connectivity index (χ4v) is 3.85. The zero-order valence-electron chi connectivity index (χ0n) is 12.6. The molecule has 4 nitrogen and oxygen atoms in total. The van der Waals surface area contributed by atoms with E-state index in [0.29, 0.717) is 0 Å². The van der Waals surface area contributed by atoms with Crippen molar-refractivity contribution in [2.75, 3.05) is 13.1 Å². The third kappa shape index (κ3) is 3.54. The molecular formula is C14H28N4S. The number of hydrazine groups is 1. The van der Waals surface area contributed by atoms with Crippen LogP contribution in [-0.4, -0.2) is 34.6 Å². The molecule has 110 valence electrons. The topological polar surface area (TPSA) is 54.2 Å². The minimum Gasteiger partial charge on any atom is -0.297 e. The molecule has 5 heteroatoms. The Labute approximate surface area is 121 Å². The SMILES string of the molecule is CCN(CC)C(CC)(CC)C(Cc1cncs1)NN. The average molecular weight is 284 g/mol. The van der Waals surface area contributed by atoms with Crippen LogP contribution in [0.15, 0.2) is 11.7 Å². The summed E-state index contributed by atoms with van der Waals surface area (Å²) in [4.78, 5) is 8.00. The lowest BCUT2D eigenvalue weighted by atomic mass is 9.81. The first-order chi connectivity index (χ1) is 9.18. The average Bonchev–Trinajstić information content (AvgIpc) is 2.95. The maximum absolute atomic E-state index is 5.88. The van der Waals surface area contributed by atoms with Crippen molar-refractivity contribution in [3.63, 3.8) is 0 Å². The molecule has 0 fully saturated rings. The molecule has 0 amide bonds. The van der Waals surface area contributed by atoms with Gasteiger partial charge in [0.2, 0.25) is 0 Å². The number of hydrogen-bond donors (Lipinski definition) is 2. The molecule has 0 saturated carbocycles. The Bertz CT molecular complexity index is 331. The zero-order valence-corrected chi connectivity index (χ0v) is 13.5. The minimum atomic E-state index is 0.113. The van der Waals surface area contributed by atoms with Crippen molar-refractivity contribution in [1.29, 1.82) is 0 Å². The molecule has 0 saturated heterocycles. The normalized spacial score (nSPS) is 14.0. The number of rotatable bonds is 9. The van der Waals surface area contributed by atoms with Gasteiger partial charge in [-0.15, -0.1) is 11.3 Å². The van der Waals surface area contributed by atoms with Crippen LogP contribution >= 0.6 is 11.3 Å². The number of nitrogens with zero attached hydrogens (tertiary/aromatic N) is 2. The maximum atomic E-state index is 5.88. The van der Waals surface area contributed by atoms with Gasteiger partial charge in [-0.3, -0.25) is 21.2 Å². The molecule has 0 radical (unpaired) electrons. The fraction of sp³-hybridized carbons (Fsp3) is 0.786. The summed E-state index contributed by atoms with van der Waals surface area (Å²) in [6.45, 7) is 11.1. The smallest absolute Gasteiger partial charge is 0.0794 e. The van der Waals surface area contributed by atoms with Gasteiger partial charge in [0.05, 0.1) is 5.51 Å². The molecule has 0 aliphatic rings. The number of aromatic nitrogens is 1. The van der Waals surface area contributed by atoms with Crippen molar-refractivity contribution in [3.05, 3.63) is 16.6 Å². The quantitative estimate of drug-likeness (QED) is 0.540. The summed E-state index contributed by atoms with van der Waals surface area (Å²) in [5.41, 5.74) is 5.07. The number of nitrogens with two attached hydrogens (primary N) is 1. The number of thiazole rings is 1. The lowest BCUT2D eigenvalue weighted by molar-refractivity contribution is 0.0495. The monoisotopic (exact) mass is 284 g/mol. The van der Waals surface area contributed by atoms with E-state index in [1.165, 1.54) is 4.88 Å². The highest BCUT2D eigenvalue weighted by Gasteiger charge is 2.39. The van der Waals surface area contributed by atoms with Gasteiger partial charge in [-0.2, -0.15) is 0 Å². The van der Waals surface area contributed by atoms with E-state index in [4.69, 9.17) is 5.84 Å². The second kappa shape index (κ2) is 7.94. The van der Waals surface area contributed by atoms with Crippen molar-refractivity contribution in [1.82, 2.24) is 15.3 Å². The zero-order chi connectivity index (χ0) is 14.3. The molecule has 19 heavy (non-hydrogen) atoms. The summed E-state index contributed by atoms with van der Waals surface area (Å²) in [5, 5.41) is 0.